The van der Waals surface area contributed by atoms with Gasteiger partial charge in [0.25, 0.3) is 0 Å². The third kappa shape index (κ3) is 2.02. The first-order chi connectivity index (χ1) is 8.67. The summed E-state index contributed by atoms with van der Waals surface area (Å²) in [6, 6.07) is 6.66. The van der Waals surface area contributed by atoms with Crippen molar-refractivity contribution in [1.29, 1.82) is 5.26 Å². The SMILES string of the molecule is CNc1c(C#N)cnc2c(OC(F)F)cccc12. The molecule has 0 saturated carbocycles. The molecule has 1 heterocycles. The lowest BCUT2D eigenvalue weighted by Gasteiger charge is -2.11. The molecule has 2 aromatic rings. The highest BCUT2D eigenvalue weighted by molar-refractivity contribution is 5.96. The number of nitrogens with one attached hydrogen (secondary N) is 1. The molecule has 0 aliphatic rings. The molecule has 0 fully saturated rings. The fraction of sp³-hybridized carbons (Fsp3) is 0.167. The van der Waals surface area contributed by atoms with Gasteiger partial charge in [0, 0.05) is 18.6 Å². The predicted molar refractivity (Wildman–Crippen MR) is 62.6 cm³/mol. The second-order valence-electron chi connectivity index (χ2n) is 3.44. The van der Waals surface area contributed by atoms with Gasteiger partial charge in [-0.1, -0.05) is 12.1 Å². The van der Waals surface area contributed by atoms with Crippen molar-refractivity contribution in [2.75, 3.05) is 12.4 Å². The van der Waals surface area contributed by atoms with Crippen molar-refractivity contribution in [1.82, 2.24) is 4.98 Å². The van der Waals surface area contributed by atoms with Crippen LogP contribution in [0.4, 0.5) is 14.5 Å². The summed E-state index contributed by atoms with van der Waals surface area (Å²) in [4.78, 5) is 3.99. The van der Waals surface area contributed by atoms with Crippen LogP contribution in [-0.4, -0.2) is 18.6 Å². The Hall–Kier alpha value is -2.42. The van der Waals surface area contributed by atoms with Gasteiger partial charge < -0.3 is 10.1 Å². The first-order valence-electron chi connectivity index (χ1n) is 5.11. The maximum absolute atomic E-state index is 12.3. The minimum Gasteiger partial charge on any atom is -0.432 e. The highest BCUT2D eigenvalue weighted by Gasteiger charge is 2.13. The molecule has 0 aliphatic heterocycles. The van der Waals surface area contributed by atoms with Crippen molar-refractivity contribution >= 4 is 16.6 Å². The number of ether oxygens (including phenoxy) is 1. The van der Waals surface area contributed by atoms with Crippen molar-refractivity contribution in [3.63, 3.8) is 0 Å². The average molecular weight is 249 g/mol. The molecule has 6 heteroatoms. The second kappa shape index (κ2) is 4.84. The van der Waals surface area contributed by atoms with Crippen LogP contribution < -0.4 is 10.1 Å². The van der Waals surface area contributed by atoms with Crippen LogP contribution >= 0.6 is 0 Å². The molecule has 1 N–H and O–H groups in total. The van der Waals surface area contributed by atoms with Crippen LogP contribution in [0.1, 0.15) is 5.56 Å². The van der Waals surface area contributed by atoms with E-state index in [1.165, 1.54) is 12.3 Å². The molecule has 2 rings (SSSR count). The lowest BCUT2D eigenvalue weighted by molar-refractivity contribution is -0.0489. The standard InChI is InChI=1S/C12H9F2N3O/c1-16-10-7(5-15)6-17-11-8(10)3-2-4-9(11)18-12(13)14/h2-4,6,12H,1H3,(H,16,17). The number of pyridine rings is 1. The first-order valence-corrected chi connectivity index (χ1v) is 5.11. The van der Waals surface area contributed by atoms with Crippen molar-refractivity contribution in [3.8, 4) is 11.8 Å². The number of para-hydroxylation sites is 1. The zero-order valence-electron chi connectivity index (χ0n) is 9.45. The quantitative estimate of drug-likeness (QED) is 0.908. The predicted octanol–water partition coefficient (Wildman–Crippen LogP) is 2.75. The molecule has 1 aromatic heterocycles. The second-order valence-corrected chi connectivity index (χ2v) is 3.44. The number of hydrogen-bond donors (Lipinski definition) is 1. The van der Waals surface area contributed by atoms with Gasteiger partial charge in [0.05, 0.1) is 11.3 Å². The molecule has 0 atom stereocenters. The zero-order chi connectivity index (χ0) is 13.1. The van der Waals surface area contributed by atoms with Gasteiger partial charge in [-0.3, -0.25) is 4.98 Å². The number of anilines is 1. The average Bonchev–Trinajstić information content (AvgIpc) is 2.37. The summed E-state index contributed by atoms with van der Waals surface area (Å²) in [5.41, 5.74) is 1.18. The summed E-state index contributed by atoms with van der Waals surface area (Å²) in [6.07, 6.45) is 1.33. The van der Waals surface area contributed by atoms with Gasteiger partial charge in [-0.05, 0) is 6.07 Å². The monoisotopic (exact) mass is 249 g/mol. The Labute approximate surface area is 102 Å². The molecule has 1 aromatic carbocycles. The largest absolute Gasteiger partial charge is 0.432 e. The number of rotatable bonds is 3. The van der Waals surface area contributed by atoms with E-state index in [4.69, 9.17) is 5.26 Å². The molecule has 92 valence electrons. The van der Waals surface area contributed by atoms with Gasteiger partial charge in [0.2, 0.25) is 0 Å². The van der Waals surface area contributed by atoms with Gasteiger partial charge >= 0.3 is 6.61 Å². The number of hydrogen-bond acceptors (Lipinski definition) is 4. The molecule has 0 unspecified atom stereocenters. The summed E-state index contributed by atoms with van der Waals surface area (Å²) in [6.45, 7) is -2.91. The lowest BCUT2D eigenvalue weighted by Crippen LogP contribution is -2.04. The van der Waals surface area contributed by atoms with Gasteiger partial charge in [-0.25, -0.2) is 0 Å². The van der Waals surface area contributed by atoms with Crippen molar-refractivity contribution in [2.45, 2.75) is 6.61 Å². The Morgan fingerprint density at radius 3 is 2.83 bits per heavy atom. The van der Waals surface area contributed by atoms with Gasteiger partial charge in [-0.2, -0.15) is 14.0 Å². The molecule has 0 spiro atoms. The van der Waals surface area contributed by atoms with Crippen LogP contribution in [0.15, 0.2) is 24.4 Å². The van der Waals surface area contributed by atoms with E-state index >= 15 is 0 Å². The Morgan fingerprint density at radius 1 is 1.44 bits per heavy atom. The van der Waals surface area contributed by atoms with E-state index in [2.05, 4.69) is 15.0 Å². The maximum Gasteiger partial charge on any atom is 0.387 e. The van der Waals surface area contributed by atoms with Crippen molar-refractivity contribution in [3.05, 3.63) is 30.0 Å². The topological polar surface area (TPSA) is 57.9 Å². The molecule has 0 radical (unpaired) electrons. The van der Waals surface area contributed by atoms with Crippen LogP contribution in [0.25, 0.3) is 10.9 Å². The summed E-state index contributed by atoms with van der Waals surface area (Å²) in [5.74, 6) is -0.0107. The number of fused-ring (bicyclic) bond motifs is 1. The Balaban J connectivity index is 2.69. The number of nitrogens with zero attached hydrogens (tertiary/aromatic N) is 2. The smallest absolute Gasteiger partial charge is 0.387 e. The van der Waals surface area contributed by atoms with E-state index in [0.717, 1.165) is 0 Å². The molecule has 0 saturated heterocycles. The van der Waals surface area contributed by atoms with Crippen molar-refractivity contribution in [2.24, 2.45) is 0 Å². The molecular weight excluding hydrogens is 240 g/mol. The zero-order valence-corrected chi connectivity index (χ0v) is 9.45. The molecule has 18 heavy (non-hydrogen) atoms. The third-order valence-corrected chi connectivity index (χ3v) is 2.45. The summed E-state index contributed by atoms with van der Waals surface area (Å²) >= 11 is 0. The summed E-state index contributed by atoms with van der Waals surface area (Å²) < 4.78 is 28.9. The van der Waals surface area contributed by atoms with Crippen LogP contribution in [0, 0.1) is 11.3 Å². The Morgan fingerprint density at radius 2 is 2.22 bits per heavy atom. The van der Waals surface area contributed by atoms with E-state index < -0.39 is 6.61 Å². The van der Waals surface area contributed by atoms with Gasteiger partial charge in [0.15, 0.2) is 5.75 Å². The number of halogens is 2. The van der Waals surface area contributed by atoms with Gasteiger partial charge in [-0.15, -0.1) is 0 Å². The minimum atomic E-state index is -2.91. The summed E-state index contributed by atoms with van der Waals surface area (Å²) in [7, 11) is 1.65. The third-order valence-electron chi connectivity index (χ3n) is 2.45. The maximum atomic E-state index is 12.3. The van der Waals surface area contributed by atoms with Gasteiger partial charge in [0.1, 0.15) is 11.6 Å². The number of nitriles is 1. The first kappa shape index (κ1) is 12.0. The van der Waals surface area contributed by atoms with Crippen LogP contribution in [0.2, 0.25) is 0 Å². The number of alkyl halides is 2. The molecule has 0 bridgehead atoms. The highest BCUT2D eigenvalue weighted by atomic mass is 19.3. The van der Waals surface area contributed by atoms with E-state index in [0.29, 0.717) is 22.2 Å². The molecular formula is C12H9F2N3O. The lowest BCUT2D eigenvalue weighted by atomic mass is 10.1. The Kier molecular flexibility index (Phi) is 3.24. The van der Waals surface area contributed by atoms with Crippen LogP contribution in [0.3, 0.4) is 0 Å². The Bertz CT molecular complexity index is 622. The summed E-state index contributed by atoms with van der Waals surface area (Å²) in [5, 5.41) is 12.4. The fourth-order valence-corrected chi connectivity index (χ4v) is 1.74. The molecule has 4 nitrogen and oxygen atoms in total. The van der Waals surface area contributed by atoms with E-state index in [9.17, 15) is 8.78 Å². The fourth-order valence-electron chi connectivity index (χ4n) is 1.74. The minimum absolute atomic E-state index is 0.0107. The number of benzene rings is 1. The van der Waals surface area contributed by atoms with Crippen LogP contribution in [-0.2, 0) is 0 Å². The highest BCUT2D eigenvalue weighted by Crippen LogP contribution is 2.31. The van der Waals surface area contributed by atoms with Crippen molar-refractivity contribution < 1.29 is 13.5 Å². The molecule has 0 amide bonds. The van der Waals surface area contributed by atoms with E-state index in [1.807, 2.05) is 6.07 Å². The van der Waals surface area contributed by atoms with Crippen LogP contribution in [0.5, 0.6) is 5.75 Å². The van der Waals surface area contributed by atoms with E-state index in [1.54, 1.807) is 19.2 Å². The molecule has 0 aliphatic carbocycles. The normalized spacial score (nSPS) is 10.4. The number of aromatic nitrogens is 1. The van der Waals surface area contributed by atoms with E-state index in [-0.39, 0.29) is 5.75 Å².